The molecule has 1 heterocycles. The SMILES string of the molecule is CCCCOc1ccc2nc3ccc(OCC)cc3c(Cl)c2c1. The Hall–Kier alpha value is -2.00. The van der Waals surface area contributed by atoms with Gasteiger partial charge in [-0.25, -0.2) is 4.98 Å². The van der Waals surface area contributed by atoms with Crippen molar-refractivity contribution in [3.05, 3.63) is 41.4 Å². The average Bonchev–Trinajstić information content (AvgIpc) is 2.57. The zero-order chi connectivity index (χ0) is 16.2. The van der Waals surface area contributed by atoms with Crippen molar-refractivity contribution in [1.29, 1.82) is 0 Å². The van der Waals surface area contributed by atoms with Crippen LogP contribution in [0.5, 0.6) is 11.5 Å². The first-order chi connectivity index (χ1) is 11.2. The third-order valence-electron chi connectivity index (χ3n) is 3.73. The van der Waals surface area contributed by atoms with Gasteiger partial charge in [-0.1, -0.05) is 24.9 Å². The molecule has 0 N–H and O–H groups in total. The average molecular weight is 330 g/mol. The molecule has 3 rings (SSSR count). The lowest BCUT2D eigenvalue weighted by Crippen LogP contribution is -1.96. The monoisotopic (exact) mass is 329 g/mol. The zero-order valence-corrected chi connectivity index (χ0v) is 14.2. The Labute approximate surface area is 141 Å². The highest BCUT2D eigenvalue weighted by Gasteiger charge is 2.10. The molecular formula is C19H20ClNO2. The van der Waals surface area contributed by atoms with E-state index in [9.17, 15) is 0 Å². The summed E-state index contributed by atoms with van der Waals surface area (Å²) in [7, 11) is 0. The second-order valence-electron chi connectivity index (χ2n) is 5.42. The molecule has 2 aromatic carbocycles. The molecule has 0 saturated carbocycles. The molecule has 0 unspecified atom stereocenters. The van der Waals surface area contributed by atoms with Gasteiger partial charge in [0.1, 0.15) is 11.5 Å². The highest BCUT2D eigenvalue weighted by Crippen LogP contribution is 2.34. The second kappa shape index (κ2) is 7.05. The maximum Gasteiger partial charge on any atom is 0.120 e. The molecule has 3 nitrogen and oxygen atoms in total. The summed E-state index contributed by atoms with van der Waals surface area (Å²) in [6, 6.07) is 11.7. The Morgan fingerprint density at radius 1 is 0.913 bits per heavy atom. The van der Waals surface area contributed by atoms with E-state index in [4.69, 9.17) is 21.1 Å². The predicted octanol–water partition coefficient (Wildman–Crippen LogP) is 5.62. The van der Waals surface area contributed by atoms with E-state index in [1.54, 1.807) is 0 Å². The topological polar surface area (TPSA) is 31.4 Å². The largest absolute Gasteiger partial charge is 0.494 e. The molecule has 120 valence electrons. The van der Waals surface area contributed by atoms with Crippen molar-refractivity contribution in [2.45, 2.75) is 26.7 Å². The number of pyridine rings is 1. The second-order valence-corrected chi connectivity index (χ2v) is 5.80. The smallest absolute Gasteiger partial charge is 0.120 e. The number of nitrogens with zero attached hydrogens (tertiary/aromatic N) is 1. The van der Waals surface area contributed by atoms with Crippen LogP contribution in [0.4, 0.5) is 0 Å². The minimum absolute atomic E-state index is 0.625. The Morgan fingerprint density at radius 2 is 1.52 bits per heavy atom. The molecule has 0 aliphatic heterocycles. The van der Waals surface area contributed by atoms with E-state index < -0.39 is 0 Å². The van der Waals surface area contributed by atoms with Crippen molar-refractivity contribution in [2.24, 2.45) is 0 Å². The predicted molar refractivity (Wildman–Crippen MR) is 95.8 cm³/mol. The van der Waals surface area contributed by atoms with Crippen LogP contribution in [0.1, 0.15) is 26.7 Å². The van der Waals surface area contributed by atoms with Gasteiger partial charge in [0.15, 0.2) is 0 Å². The first kappa shape index (κ1) is 15.9. The third-order valence-corrected chi connectivity index (χ3v) is 4.13. The van der Waals surface area contributed by atoms with Gasteiger partial charge in [-0.3, -0.25) is 0 Å². The standard InChI is InChI=1S/C19H20ClNO2/c1-3-5-10-23-14-7-9-18-16(12-14)19(20)15-11-13(22-4-2)6-8-17(15)21-18/h6-9,11-12H,3-5,10H2,1-2H3. The fourth-order valence-electron chi connectivity index (χ4n) is 2.53. The summed E-state index contributed by atoms with van der Waals surface area (Å²) < 4.78 is 11.3. The quantitative estimate of drug-likeness (QED) is 0.434. The van der Waals surface area contributed by atoms with E-state index in [2.05, 4.69) is 11.9 Å². The van der Waals surface area contributed by atoms with Gasteiger partial charge in [0.05, 0.1) is 29.3 Å². The lowest BCUT2D eigenvalue weighted by molar-refractivity contribution is 0.310. The summed E-state index contributed by atoms with van der Waals surface area (Å²) in [5, 5.41) is 2.49. The van der Waals surface area contributed by atoms with Crippen LogP contribution in [-0.2, 0) is 0 Å². The van der Waals surface area contributed by atoms with Gasteiger partial charge in [-0.15, -0.1) is 0 Å². The van der Waals surface area contributed by atoms with Gasteiger partial charge in [-0.2, -0.15) is 0 Å². The molecule has 4 heteroatoms. The van der Waals surface area contributed by atoms with Crippen LogP contribution in [0.15, 0.2) is 36.4 Å². The lowest BCUT2D eigenvalue weighted by atomic mass is 10.1. The minimum Gasteiger partial charge on any atom is -0.494 e. The van der Waals surface area contributed by atoms with E-state index in [-0.39, 0.29) is 0 Å². The van der Waals surface area contributed by atoms with Crippen LogP contribution in [0.3, 0.4) is 0 Å². The van der Waals surface area contributed by atoms with Crippen molar-refractivity contribution in [1.82, 2.24) is 4.98 Å². The molecule has 0 saturated heterocycles. The lowest BCUT2D eigenvalue weighted by Gasteiger charge is -2.10. The number of benzene rings is 2. The van der Waals surface area contributed by atoms with Gasteiger partial charge in [0, 0.05) is 10.8 Å². The van der Waals surface area contributed by atoms with Crippen LogP contribution >= 0.6 is 11.6 Å². The van der Waals surface area contributed by atoms with Crippen molar-refractivity contribution in [3.8, 4) is 11.5 Å². The molecule has 23 heavy (non-hydrogen) atoms. The number of halogens is 1. The number of rotatable bonds is 6. The van der Waals surface area contributed by atoms with Crippen molar-refractivity contribution in [3.63, 3.8) is 0 Å². The molecule has 0 aliphatic carbocycles. The van der Waals surface area contributed by atoms with Crippen LogP contribution in [0.25, 0.3) is 21.8 Å². The highest BCUT2D eigenvalue weighted by atomic mass is 35.5. The summed E-state index contributed by atoms with van der Waals surface area (Å²) in [5.74, 6) is 1.63. The molecule has 0 atom stereocenters. The van der Waals surface area contributed by atoms with Crippen LogP contribution in [0.2, 0.25) is 5.02 Å². The number of hydrogen-bond acceptors (Lipinski definition) is 3. The van der Waals surface area contributed by atoms with Gasteiger partial charge in [0.25, 0.3) is 0 Å². The van der Waals surface area contributed by atoms with Gasteiger partial charge in [-0.05, 0) is 49.7 Å². The maximum absolute atomic E-state index is 6.63. The maximum atomic E-state index is 6.63. The Balaban J connectivity index is 2.06. The zero-order valence-electron chi connectivity index (χ0n) is 13.4. The Kier molecular flexibility index (Phi) is 4.87. The Morgan fingerprint density at radius 3 is 2.09 bits per heavy atom. The number of hydrogen-bond donors (Lipinski definition) is 0. The molecule has 0 fully saturated rings. The highest BCUT2D eigenvalue weighted by molar-refractivity contribution is 6.40. The molecule has 3 aromatic rings. The van der Waals surface area contributed by atoms with E-state index in [0.717, 1.165) is 52.8 Å². The van der Waals surface area contributed by atoms with Crippen molar-refractivity contribution >= 4 is 33.4 Å². The number of ether oxygens (including phenoxy) is 2. The molecule has 1 aromatic heterocycles. The van der Waals surface area contributed by atoms with Gasteiger partial charge >= 0.3 is 0 Å². The molecule has 0 spiro atoms. The first-order valence-electron chi connectivity index (χ1n) is 8.01. The molecule has 0 aliphatic rings. The van der Waals surface area contributed by atoms with E-state index in [0.29, 0.717) is 11.6 Å². The fourth-order valence-corrected chi connectivity index (χ4v) is 2.84. The number of fused-ring (bicyclic) bond motifs is 2. The minimum atomic E-state index is 0.625. The summed E-state index contributed by atoms with van der Waals surface area (Å²) in [4.78, 5) is 4.68. The van der Waals surface area contributed by atoms with Gasteiger partial charge in [0.2, 0.25) is 0 Å². The summed E-state index contributed by atoms with van der Waals surface area (Å²) in [5.41, 5.74) is 1.74. The first-order valence-corrected chi connectivity index (χ1v) is 8.39. The van der Waals surface area contributed by atoms with E-state index in [1.165, 1.54) is 0 Å². The summed E-state index contributed by atoms with van der Waals surface area (Å²) in [6.45, 7) is 5.45. The fraction of sp³-hybridized carbons (Fsp3) is 0.316. The van der Waals surface area contributed by atoms with Crippen LogP contribution in [-0.4, -0.2) is 18.2 Å². The Bertz CT molecular complexity index is 832. The van der Waals surface area contributed by atoms with Crippen molar-refractivity contribution < 1.29 is 9.47 Å². The van der Waals surface area contributed by atoms with Crippen LogP contribution in [0, 0.1) is 0 Å². The van der Waals surface area contributed by atoms with E-state index >= 15 is 0 Å². The molecule has 0 amide bonds. The van der Waals surface area contributed by atoms with Gasteiger partial charge < -0.3 is 9.47 Å². The van der Waals surface area contributed by atoms with Crippen molar-refractivity contribution in [2.75, 3.05) is 13.2 Å². The normalized spacial score (nSPS) is 11.1. The number of aromatic nitrogens is 1. The number of unbranched alkanes of at least 4 members (excludes halogenated alkanes) is 1. The molecular weight excluding hydrogens is 310 g/mol. The van der Waals surface area contributed by atoms with E-state index in [1.807, 2.05) is 43.3 Å². The summed E-state index contributed by atoms with van der Waals surface area (Å²) in [6.07, 6.45) is 2.15. The molecule has 0 radical (unpaired) electrons. The third kappa shape index (κ3) is 3.35. The summed E-state index contributed by atoms with van der Waals surface area (Å²) >= 11 is 6.63. The van der Waals surface area contributed by atoms with Crippen LogP contribution < -0.4 is 9.47 Å². The molecule has 0 bridgehead atoms.